The molecular weight excluding hydrogens is 188 g/mol. The predicted octanol–water partition coefficient (Wildman–Crippen LogP) is 1.90. The molecule has 0 spiro atoms. The standard InChI is InChI=1S/C9H9ClN2O/c10-9-7(5-13)4-11-8(12-9)3-6-1-2-6/h4-6H,1-3H2. The molecule has 4 heteroatoms. The average Bonchev–Trinajstić information content (AvgIpc) is 2.89. The van der Waals surface area contributed by atoms with Crippen LogP contribution in [0.5, 0.6) is 0 Å². The molecule has 0 unspecified atom stereocenters. The highest BCUT2D eigenvalue weighted by molar-refractivity contribution is 6.31. The van der Waals surface area contributed by atoms with Crippen molar-refractivity contribution in [2.75, 3.05) is 0 Å². The number of nitrogens with zero attached hydrogens (tertiary/aromatic N) is 2. The van der Waals surface area contributed by atoms with E-state index in [2.05, 4.69) is 9.97 Å². The summed E-state index contributed by atoms with van der Waals surface area (Å²) in [5.41, 5.74) is 0.362. The second-order valence-electron chi connectivity index (χ2n) is 3.30. The third-order valence-electron chi connectivity index (χ3n) is 2.11. The first-order valence-electron chi connectivity index (χ1n) is 4.26. The van der Waals surface area contributed by atoms with Gasteiger partial charge in [0.15, 0.2) is 6.29 Å². The van der Waals surface area contributed by atoms with Gasteiger partial charge < -0.3 is 0 Å². The lowest BCUT2D eigenvalue weighted by molar-refractivity contribution is 0.112. The second kappa shape index (κ2) is 3.42. The van der Waals surface area contributed by atoms with E-state index < -0.39 is 0 Å². The van der Waals surface area contributed by atoms with E-state index in [1.165, 1.54) is 19.0 Å². The Balaban J connectivity index is 2.18. The highest BCUT2D eigenvalue weighted by Gasteiger charge is 2.22. The van der Waals surface area contributed by atoms with E-state index in [0.29, 0.717) is 11.8 Å². The van der Waals surface area contributed by atoms with Crippen LogP contribution in [0.15, 0.2) is 6.20 Å². The van der Waals surface area contributed by atoms with Crippen molar-refractivity contribution in [2.24, 2.45) is 5.92 Å². The molecule has 0 bridgehead atoms. The fourth-order valence-electron chi connectivity index (χ4n) is 1.16. The molecule has 3 nitrogen and oxygen atoms in total. The molecule has 1 aliphatic rings. The number of aldehydes is 1. The summed E-state index contributed by atoms with van der Waals surface area (Å²) in [7, 11) is 0. The molecule has 0 aromatic carbocycles. The van der Waals surface area contributed by atoms with Crippen molar-refractivity contribution in [3.8, 4) is 0 Å². The molecular formula is C9H9ClN2O. The van der Waals surface area contributed by atoms with E-state index in [9.17, 15) is 4.79 Å². The zero-order valence-corrected chi connectivity index (χ0v) is 7.79. The van der Waals surface area contributed by atoms with Gasteiger partial charge >= 0.3 is 0 Å². The van der Waals surface area contributed by atoms with Crippen molar-refractivity contribution < 1.29 is 4.79 Å². The van der Waals surface area contributed by atoms with Crippen molar-refractivity contribution in [3.05, 3.63) is 22.7 Å². The van der Waals surface area contributed by atoms with Crippen LogP contribution in [0, 0.1) is 5.92 Å². The van der Waals surface area contributed by atoms with Gasteiger partial charge in [0.25, 0.3) is 0 Å². The number of hydrogen-bond acceptors (Lipinski definition) is 3. The molecule has 1 heterocycles. The monoisotopic (exact) mass is 196 g/mol. The Labute approximate surface area is 81.2 Å². The number of halogens is 1. The Kier molecular flexibility index (Phi) is 2.27. The van der Waals surface area contributed by atoms with Gasteiger partial charge in [-0.2, -0.15) is 0 Å². The van der Waals surface area contributed by atoms with E-state index in [0.717, 1.165) is 18.2 Å². The SMILES string of the molecule is O=Cc1cnc(CC2CC2)nc1Cl. The van der Waals surface area contributed by atoms with Crippen molar-refractivity contribution >= 4 is 17.9 Å². The molecule has 13 heavy (non-hydrogen) atoms. The lowest BCUT2D eigenvalue weighted by Gasteiger charge is -1.99. The van der Waals surface area contributed by atoms with Crippen LogP contribution in [0.2, 0.25) is 5.15 Å². The second-order valence-corrected chi connectivity index (χ2v) is 3.66. The summed E-state index contributed by atoms with van der Waals surface area (Å²) >= 11 is 5.75. The van der Waals surface area contributed by atoms with Gasteiger partial charge in [0.2, 0.25) is 0 Å². The maximum Gasteiger partial charge on any atom is 0.154 e. The molecule has 1 aliphatic carbocycles. The molecule has 1 fully saturated rings. The third kappa shape index (κ3) is 2.04. The Morgan fingerprint density at radius 1 is 1.62 bits per heavy atom. The number of rotatable bonds is 3. The van der Waals surface area contributed by atoms with Crippen LogP contribution in [-0.2, 0) is 6.42 Å². The molecule has 0 amide bonds. The number of carbonyl (C=O) groups excluding carboxylic acids is 1. The molecule has 1 aromatic rings. The summed E-state index contributed by atoms with van der Waals surface area (Å²) in [5.74, 6) is 1.48. The maximum atomic E-state index is 10.4. The van der Waals surface area contributed by atoms with Gasteiger partial charge in [0.1, 0.15) is 11.0 Å². The largest absolute Gasteiger partial charge is 0.298 e. The van der Waals surface area contributed by atoms with Crippen LogP contribution in [0.25, 0.3) is 0 Å². The maximum absolute atomic E-state index is 10.4. The van der Waals surface area contributed by atoms with Crippen molar-refractivity contribution in [2.45, 2.75) is 19.3 Å². The molecule has 0 aliphatic heterocycles. The minimum atomic E-state index is 0.264. The summed E-state index contributed by atoms with van der Waals surface area (Å²) in [6.45, 7) is 0. The highest BCUT2D eigenvalue weighted by atomic mass is 35.5. The zero-order valence-electron chi connectivity index (χ0n) is 7.03. The van der Waals surface area contributed by atoms with Crippen LogP contribution in [0.1, 0.15) is 29.0 Å². The van der Waals surface area contributed by atoms with Crippen LogP contribution >= 0.6 is 11.6 Å². The Bertz CT molecular complexity index is 336. The Morgan fingerprint density at radius 2 is 2.38 bits per heavy atom. The summed E-state index contributed by atoms with van der Waals surface area (Å²) in [6, 6.07) is 0. The van der Waals surface area contributed by atoms with Gasteiger partial charge in [-0.15, -0.1) is 0 Å². The first kappa shape index (κ1) is 8.63. The average molecular weight is 197 g/mol. The lowest BCUT2D eigenvalue weighted by atomic mass is 10.3. The van der Waals surface area contributed by atoms with E-state index in [-0.39, 0.29) is 5.15 Å². The first-order chi connectivity index (χ1) is 6.29. The van der Waals surface area contributed by atoms with Crippen molar-refractivity contribution in [3.63, 3.8) is 0 Å². The number of aromatic nitrogens is 2. The first-order valence-corrected chi connectivity index (χ1v) is 4.64. The highest BCUT2D eigenvalue weighted by Crippen LogP contribution is 2.31. The van der Waals surface area contributed by atoms with Crippen LogP contribution in [-0.4, -0.2) is 16.3 Å². The molecule has 0 saturated heterocycles. The lowest BCUT2D eigenvalue weighted by Crippen LogP contribution is -1.99. The fourth-order valence-corrected chi connectivity index (χ4v) is 1.35. The minimum Gasteiger partial charge on any atom is -0.298 e. The quantitative estimate of drug-likeness (QED) is 0.548. The van der Waals surface area contributed by atoms with E-state index in [4.69, 9.17) is 11.6 Å². The van der Waals surface area contributed by atoms with E-state index in [1.807, 2.05) is 0 Å². The third-order valence-corrected chi connectivity index (χ3v) is 2.42. The summed E-state index contributed by atoms with van der Waals surface area (Å²) < 4.78 is 0. The zero-order chi connectivity index (χ0) is 9.26. The van der Waals surface area contributed by atoms with Crippen LogP contribution < -0.4 is 0 Å². The topological polar surface area (TPSA) is 42.9 Å². The number of hydrogen-bond donors (Lipinski definition) is 0. The molecule has 2 rings (SSSR count). The van der Waals surface area contributed by atoms with Crippen molar-refractivity contribution in [1.82, 2.24) is 9.97 Å². The Hall–Kier alpha value is -0.960. The summed E-state index contributed by atoms with van der Waals surface area (Å²) in [4.78, 5) is 18.5. The molecule has 1 saturated carbocycles. The molecule has 0 atom stereocenters. The van der Waals surface area contributed by atoms with Gasteiger partial charge in [-0.3, -0.25) is 4.79 Å². The van der Waals surface area contributed by atoms with E-state index in [1.54, 1.807) is 0 Å². The molecule has 68 valence electrons. The van der Waals surface area contributed by atoms with Gasteiger partial charge in [-0.1, -0.05) is 11.6 Å². The van der Waals surface area contributed by atoms with E-state index >= 15 is 0 Å². The van der Waals surface area contributed by atoms with Crippen LogP contribution in [0.3, 0.4) is 0 Å². The molecule has 0 radical (unpaired) electrons. The smallest absolute Gasteiger partial charge is 0.154 e. The fraction of sp³-hybridized carbons (Fsp3) is 0.444. The molecule has 1 aromatic heterocycles. The Morgan fingerprint density at radius 3 is 2.92 bits per heavy atom. The minimum absolute atomic E-state index is 0.264. The van der Waals surface area contributed by atoms with Crippen molar-refractivity contribution in [1.29, 1.82) is 0 Å². The molecule has 0 N–H and O–H groups in total. The van der Waals surface area contributed by atoms with Crippen LogP contribution in [0.4, 0.5) is 0 Å². The normalized spacial score (nSPS) is 15.8. The van der Waals surface area contributed by atoms with Gasteiger partial charge in [-0.05, 0) is 18.8 Å². The summed E-state index contributed by atoms with van der Waals surface area (Å²) in [5, 5.41) is 0.264. The van der Waals surface area contributed by atoms with Gasteiger partial charge in [0, 0.05) is 12.6 Å². The van der Waals surface area contributed by atoms with Gasteiger partial charge in [-0.25, -0.2) is 9.97 Å². The number of carbonyl (C=O) groups is 1. The predicted molar refractivity (Wildman–Crippen MR) is 48.9 cm³/mol. The van der Waals surface area contributed by atoms with Gasteiger partial charge in [0.05, 0.1) is 5.56 Å². The summed E-state index contributed by atoms with van der Waals surface area (Å²) in [6.07, 6.45) is 5.56.